The van der Waals surface area contributed by atoms with Gasteiger partial charge >= 0.3 is 29.0 Å². The van der Waals surface area contributed by atoms with Crippen molar-refractivity contribution in [2.24, 2.45) is 0 Å². The molecule has 7 aromatic rings. The number of nitrogens with zero attached hydrogens (tertiary/aromatic N) is 4. The Bertz CT molecular complexity index is 2700. The van der Waals surface area contributed by atoms with E-state index in [9.17, 15) is 9.59 Å². The Kier molecular flexibility index (Phi) is 9.37. The summed E-state index contributed by atoms with van der Waals surface area (Å²) in [6.45, 7) is 4.08. The second kappa shape index (κ2) is 14.3. The van der Waals surface area contributed by atoms with Crippen LogP contribution >= 0.6 is 0 Å². The molecule has 0 amide bonds. The first-order chi connectivity index (χ1) is 26.3. The van der Waals surface area contributed by atoms with E-state index in [4.69, 9.17) is 29.4 Å². The van der Waals surface area contributed by atoms with Gasteiger partial charge in [0.2, 0.25) is 0 Å². The molecule has 2 aliphatic heterocycles. The van der Waals surface area contributed by atoms with Gasteiger partial charge in [-0.3, -0.25) is 9.59 Å². The number of fused-ring (bicyclic) bond motifs is 18. The Morgan fingerprint density at radius 1 is 0.545 bits per heavy atom. The van der Waals surface area contributed by atoms with Crippen molar-refractivity contribution in [1.82, 2.24) is 19.9 Å². The molecule has 1 radical (unpaired) electrons. The van der Waals surface area contributed by atoms with Crippen molar-refractivity contribution in [3.05, 3.63) is 119 Å². The third-order valence-electron chi connectivity index (χ3n) is 10.9. The molecule has 0 fully saturated rings. The Morgan fingerprint density at radius 3 is 1.42 bits per heavy atom. The molecule has 0 spiro atoms. The molecule has 8 bridgehead atoms. The molecule has 55 heavy (non-hydrogen) atoms. The zero-order valence-corrected chi connectivity index (χ0v) is 31.7. The van der Waals surface area contributed by atoms with Gasteiger partial charge in [-0.05, 0) is 54.3 Å². The number of esters is 2. The second-order valence-corrected chi connectivity index (χ2v) is 13.9. The van der Waals surface area contributed by atoms with Crippen molar-refractivity contribution >= 4 is 55.6 Å². The fraction of sp³-hybridized carbons (Fsp3) is 0.174. The minimum Gasteiger partial charge on any atom is -0.657 e. The fourth-order valence-electron chi connectivity index (χ4n) is 8.03. The quantitative estimate of drug-likeness (QED) is 0.122. The Hall–Kier alpha value is -6.02. The molecule has 2 aliphatic rings. The van der Waals surface area contributed by atoms with Crippen LogP contribution in [0.4, 0.5) is 0 Å². The maximum Gasteiger partial charge on any atom is 2.00 e. The third-order valence-corrected chi connectivity index (χ3v) is 10.9. The number of benzene rings is 4. The number of aryl methyl sites for hydroxylation is 4. The number of aromatic nitrogens is 4. The average molecular weight is 772 g/mol. The smallest absolute Gasteiger partial charge is 0.657 e. The molecule has 0 saturated heterocycles. The van der Waals surface area contributed by atoms with Crippen molar-refractivity contribution in [2.75, 3.05) is 14.2 Å². The molecule has 9 heteroatoms. The van der Waals surface area contributed by atoms with Crippen LogP contribution in [0.5, 0.6) is 0 Å². The topological polar surface area (TPSA) is 107 Å². The normalized spacial score (nSPS) is 11.6. The van der Waals surface area contributed by atoms with Crippen molar-refractivity contribution < 1.29 is 36.1 Å². The van der Waals surface area contributed by atoms with Crippen LogP contribution < -0.4 is 9.97 Å². The van der Waals surface area contributed by atoms with Crippen LogP contribution in [0, 0.1) is 13.8 Å². The number of ether oxygens (including phenoxy) is 2. The summed E-state index contributed by atoms with van der Waals surface area (Å²) in [6, 6.07) is 33.5. The number of carbonyl (C=O) groups is 2. The molecule has 0 atom stereocenters. The first kappa shape index (κ1) is 36.0. The van der Waals surface area contributed by atoms with Crippen LogP contribution in [-0.2, 0) is 49.0 Å². The van der Waals surface area contributed by atoms with E-state index in [0.717, 1.165) is 111 Å². The molecular weight excluding hydrogens is 736 g/mol. The van der Waals surface area contributed by atoms with Crippen molar-refractivity contribution in [3.8, 4) is 45.0 Å². The summed E-state index contributed by atoms with van der Waals surface area (Å²) in [6.07, 6.45) is 1.30. The summed E-state index contributed by atoms with van der Waals surface area (Å²) in [5, 5.41) is 4.45. The monoisotopic (exact) mass is 771 g/mol. The van der Waals surface area contributed by atoms with Crippen LogP contribution in [-0.4, -0.2) is 36.1 Å². The van der Waals surface area contributed by atoms with E-state index in [2.05, 4.69) is 78.9 Å². The van der Waals surface area contributed by atoms with Crippen LogP contribution in [0.25, 0.3) is 88.6 Å². The van der Waals surface area contributed by atoms with E-state index in [0.29, 0.717) is 12.8 Å². The summed E-state index contributed by atoms with van der Waals surface area (Å²) < 4.78 is 10.0. The fourth-order valence-corrected chi connectivity index (χ4v) is 8.03. The van der Waals surface area contributed by atoms with Crippen LogP contribution in [0.15, 0.2) is 97.1 Å². The van der Waals surface area contributed by atoms with Gasteiger partial charge in [-0.15, -0.1) is 22.1 Å². The van der Waals surface area contributed by atoms with E-state index < -0.39 is 0 Å². The molecule has 0 saturated carbocycles. The maximum absolute atomic E-state index is 12.4. The van der Waals surface area contributed by atoms with Gasteiger partial charge in [-0.1, -0.05) is 113 Å². The Labute approximate surface area is 328 Å². The van der Waals surface area contributed by atoms with Gasteiger partial charge in [0.05, 0.1) is 37.0 Å². The van der Waals surface area contributed by atoms with Crippen molar-refractivity contribution in [2.45, 2.75) is 39.5 Å². The van der Waals surface area contributed by atoms with E-state index in [-0.39, 0.29) is 41.8 Å². The van der Waals surface area contributed by atoms with Gasteiger partial charge in [0, 0.05) is 35.1 Å². The molecule has 3 aromatic heterocycles. The van der Waals surface area contributed by atoms with Gasteiger partial charge in [-0.25, -0.2) is 9.97 Å². The van der Waals surface area contributed by atoms with Crippen molar-refractivity contribution in [3.63, 3.8) is 0 Å². The Balaban J connectivity index is 0.00000427. The molecule has 0 unspecified atom stereocenters. The number of methoxy groups -OCH3 is 2. The predicted molar refractivity (Wildman–Crippen MR) is 213 cm³/mol. The summed E-state index contributed by atoms with van der Waals surface area (Å²) in [4.78, 5) is 45.9. The zero-order chi connectivity index (χ0) is 37.1. The molecule has 275 valence electrons. The van der Waals surface area contributed by atoms with E-state index in [1.54, 1.807) is 0 Å². The zero-order valence-electron chi connectivity index (χ0n) is 30.8. The maximum atomic E-state index is 12.4. The standard InChI is InChI=1S/C46H36N4O4.Cu/c1-25-29(17-19-43(51)53-3)37-23-38-30(18-20-44(52)54-4)26(2)36(48-38)22-42-46-32-12-8-6-10-28(32)14-16-34(46)40(50-42)24-39-33-15-13-27-9-5-7-11-31(27)45(33)41(49-39)21-35(25)47-37;/h5-16,21-24H,17-20H2,1-4H3;/q-2;+2. The summed E-state index contributed by atoms with van der Waals surface area (Å²) in [5.41, 5.74) is 14.2. The molecule has 4 aromatic carbocycles. The van der Waals surface area contributed by atoms with Gasteiger partial charge in [-0.2, -0.15) is 0 Å². The minimum atomic E-state index is -0.292. The SMILES string of the molecule is COC(=O)CCc1c(C)c2cc3nc(cc4nc(cc5[n-]c(cc1[n-]2)c(CCC(=O)OC)c5C)-c1c-4ccc2ccccc12)-c1ccc2ccccc2c1-3.[Cu+2]. The van der Waals surface area contributed by atoms with Gasteiger partial charge in [0.15, 0.2) is 0 Å². The van der Waals surface area contributed by atoms with E-state index >= 15 is 0 Å². The van der Waals surface area contributed by atoms with Gasteiger partial charge < -0.3 is 19.4 Å². The third kappa shape index (κ3) is 6.19. The summed E-state index contributed by atoms with van der Waals surface area (Å²) in [5.74, 6) is -0.584. The van der Waals surface area contributed by atoms with E-state index in [1.807, 2.05) is 32.0 Å². The van der Waals surface area contributed by atoms with Gasteiger partial charge in [0.1, 0.15) is 0 Å². The van der Waals surface area contributed by atoms with E-state index in [1.165, 1.54) is 14.2 Å². The van der Waals surface area contributed by atoms with Crippen molar-refractivity contribution in [1.29, 1.82) is 0 Å². The number of rotatable bonds is 6. The first-order valence-electron chi connectivity index (χ1n) is 18.1. The summed E-state index contributed by atoms with van der Waals surface area (Å²) in [7, 11) is 2.81. The first-order valence-corrected chi connectivity index (χ1v) is 18.1. The number of hydrogen-bond acceptors (Lipinski definition) is 6. The molecule has 0 aliphatic carbocycles. The van der Waals surface area contributed by atoms with Crippen LogP contribution in [0.3, 0.4) is 0 Å². The molecule has 0 N–H and O–H groups in total. The van der Waals surface area contributed by atoms with Crippen LogP contribution in [0.2, 0.25) is 0 Å². The second-order valence-electron chi connectivity index (χ2n) is 13.9. The molecule has 8 nitrogen and oxygen atoms in total. The summed E-state index contributed by atoms with van der Waals surface area (Å²) >= 11 is 0. The molecule has 9 rings (SSSR count). The number of hydrogen-bond donors (Lipinski definition) is 0. The minimum absolute atomic E-state index is 0. The molecule has 5 heterocycles. The predicted octanol–water partition coefficient (Wildman–Crippen LogP) is 9.37. The Morgan fingerprint density at radius 2 is 0.982 bits per heavy atom. The molecular formula is C46H36CuN4O4. The largest absolute Gasteiger partial charge is 2.00 e. The van der Waals surface area contributed by atoms with Crippen LogP contribution in [0.1, 0.15) is 35.1 Å². The average Bonchev–Trinajstić information content (AvgIpc) is 3.90. The number of carbonyl (C=O) groups excluding carboxylic acids is 2. The van der Waals surface area contributed by atoms with Gasteiger partial charge in [0.25, 0.3) is 0 Å².